The fourth-order valence-corrected chi connectivity index (χ4v) is 3.48. The minimum Gasteiger partial charge on any atom is -0.370 e. The number of H-pyrrole nitrogens is 1. The van der Waals surface area contributed by atoms with Gasteiger partial charge >= 0.3 is 0 Å². The Hall–Kier alpha value is -2.63. The predicted molar refractivity (Wildman–Crippen MR) is 101 cm³/mol. The molecule has 3 aromatic rings. The van der Waals surface area contributed by atoms with Crippen LogP contribution >= 0.6 is 11.6 Å². The van der Waals surface area contributed by atoms with Crippen molar-refractivity contribution in [2.24, 2.45) is 0 Å². The molecule has 1 N–H and O–H groups in total. The maximum absolute atomic E-state index is 12.9. The normalized spacial score (nSPS) is 17.4. The van der Waals surface area contributed by atoms with Gasteiger partial charge in [0.25, 0.3) is 5.91 Å². The van der Waals surface area contributed by atoms with E-state index < -0.39 is 0 Å². The smallest absolute Gasteiger partial charge is 0.259 e. The predicted octanol–water partition coefficient (Wildman–Crippen LogP) is 3.40. The monoisotopic (exact) mass is 368 g/mol. The number of carbonyl (C=O) groups is 1. The van der Waals surface area contributed by atoms with Crippen LogP contribution in [0, 0.1) is 0 Å². The molecule has 1 aliphatic rings. The number of aromatic amines is 1. The maximum atomic E-state index is 12.9. The van der Waals surface area contributed by atoms with Gasteiger partial charge in [0, 0.05) is 18.1 Å². The summed E-state index contributed by atoms with van der Waals surface area (Å²) in [6.07, 6.45) is 1.26. The number of hydrogen-bond donors (Lipinski definition) is 1. The first-order valence-electron chi connectivity index (χ1n) is 8.41. The Morgan fingerprint density at radius 1 is 1.15 bits per heavy atom. The lowest BCUT2D eigenvalue weighted by molar-refractivity contribution is -0.0228. The molecular weight excluding hydrogens is 352 g/mol. The van der Waals surface area contributed by atoms with Crippen LogP contribution < -0.4 is 5.43 Å². The number of nitrogens with zero attached hydrogens (tertiary/aromatic N) is 1. The average Bonchev–Trinajstić information content (AvgIpc) is 2.69. The maximum Gasteiger partial charge on any atom is 0.259 e. The number of fused-ring (bicyclic) bond motifs is 1. The van der Waals surface area contributed by atoms with Crippen molar-refractivity contribution in [2.75, 3.05) is 19.7 Å². The number of pyridine rings is 1. The first-order valence-corrected chi connectivity index (χ1v) is 8.78. The average molecular weight is 369 g/mol. The van der Waals surface area contributed by atoms with Gasteiger partial charge in [0.2, 0.25) is 5.43 Å². The SMILES string of the molecule is O=C(c1c[nH]c2c(Cl)cccc2c1=O)N1CCO[C@@H](c2ccccc2)C1. The Labute approximate surface area is 155 Å². The van der Waals surface area contributed by atoms with Gasteiger partial charge in [-0.15, -0.1) is 0 Å². The minimum absolute atomic E-state index is 0.119. The first-order chi connectivity index (χ1) is 12.6. The summed E-state index contributed by atoms with van der Waals surface area (Å²) in [5, 5.41) is 0.866. The van der Waals surface area contributed by atoms with E-state index in [0.29, 0.717) is 35.6 Å². The van der Waals surface area contributed by atoms with Crippen molar-refractivity contribution >= 4 is 28.4 Å². The van der Waals surface area contributed by atoms with Gasteiger partial charge in [-0.05, 0) is 17.7 Å². The molecule has 2 heterocycles. The third-order valence-corrected chi connectivity index (χ3v) is 4.93. The second kappa shape index (κ2) is 6.94. The zero-order valence-electron chi connectivity index (χ0n) is 13.9. The van der Waals surface area contributed by atoms with Crippen molar-refractivity contribution in [1.82, 2.24) is 9.88 Å². The lowest BCUT2D eigenvalue weighted by Gasteiger charge is -2.33. The molecule has 1 saturated heterocycles. The van der Waals surface area contributed by atoms with E-state index in [-0.39, 0.29) is 23.0 Å². The number of carbonyl (C=O) groups excluding carboxylic acids is 1. The highest BCUT2D eigenvalue weighted by atomic mass is 35.5. The molecule has 132 valence electrons. The summed E-state index contributed by atoms with van der Waals surface area (Å²) >= 11 is 6.11. The summed E-state index contributed by atoms with van der Waals surface area (Å²) in [6, 6.07) is 14.8. The molecular formula is C20H17ClN2O3. The molecule has 1 fully saturated rings. The molecule has 4 rings (SSSR count). The largest absolute Gasteiger partial charge is 0.370 e. The number of amides is 1. The van der Waals surface area contributed by atoms with Gasteiger partial charge in [-0.1, -0.05) is 48.0 Å². The van der Waals surface area contributed by atoms with Gasteiger partial charge in [0.1, 0.15) is 11.7 Å². The summed E-state index contributed by atoms with van der Waals surface area (Å²) in [7, 11) is 0. The molecule has 0 saturated carbocycles. The van der Waals surface area contributed by atoms with Crippen molar-refractivity contribution in [2.45, 2.75) is 6.10 Å². The summed E-state index contributed by atoms with van der Waals surface area (Å²) in [4.78, 5) is 30.4. The van der Waals surface area contributed by atoms with Crippen molar-refractivity contribution in [1.29, 1.82) is 0 Å². The number of para-hydroxylation sites is 1. The van der Waals surface area contributed by atoms with Crippen LogP contribution in [0.5, 0.6) is 0 Å². The second-order valence-electron chi connectivity index (χ2n) is 6.22. The van der Waals surface area contributed by atoms with Crippen LogP contribution in [0.25, 0.3) is 10.9 Å². The highest BCUT2D eigenvalue weighted by Crippen LogP contribution is 2.23. The Morgan fingerprint density at radius 3 is 2.77 bits per heavy atom. The molecule has 26 heavy (non-hydrogen) atoms. The lowest BCUT2D eigenvalue weighted by atomic mass is 10.1. The van der Waals surface area contributed by atoms with E-state index in [0.717, 1.165) is 5.56 Å². The van der Waals surface area contributed by atoms with Gasteiger partial charge in [-0.2, -0.15) is 0 Å². The number of morpholine rings is 1. The van der Waals surface area contributed by atoms with Gasteiger partial charge in [0.15, 0.2) is 0 Å². The molecule has 1 atom stereocenters. The number of rotatable bonds is 2. The Bertz CT molecular complexity index is 1020. The molecule has 0 bridgehead atoms. The Kier molecular flexibility index (Phi) is 4.49. The van der Waals surface area contributed by atoms with Gasteiger partial charge in [0.05, 0.1) is 23.7 Å². The summed E-state index contributed by atoms with van der Waals surface area (Å²) in [5.41, 5.74) is 1.37. The zero-order chi connectivity index (χ0) is 18.1. The molecule has 5 nitrogen and oxygen atoms in total. The molecule has 6 heteroatoms. The van der Waals surface area contributed by atoms with Gasteiger partial charge < -0.3 is 14.6 Å². The number of aromatic nitrogens is 1. The van der Waals surface area contributed by atoms with E-state index >= 15 is 0 Å². The lowest BCUT2D eigenvalue weighted by Crippen LogP contribution is -2.43. The van der Waals surface area contributed by atoms with E-state index in [2.05, 4.69) is 4.98 Å². The molecule has 1 aromatic heterocycles. The van der Waals surface area contributed by atoms with Crippen molar-refractivity contribution in [3.63, 3.8) is 0 Å². The number of halogens is 1. The molecule has 1 amide bonds. The van der Waals surface area contributed by atoms with Crippen LogP contribution in [0.2, 0.25) is 5.02 Å². The standard InChI is InChI=1S/C20H17ClN2O3/c21-16-8-4-7-14-18(16)22-11-15(19(14)24)20(25)23-9-10-26-17(12-23)13-5-2-1-3-6-13/h1-8,11,17H,9-10,12H2,(H,22,24)/t17-/m1/s1. The summed E-state index contributed by atoms with van der Waals surface area (Å²) in [5.74, 6) is -0.294. The highest BCUT2D eigenvalue weighted by Gasteiger charge is 2.27. The molecule has 1 aliphatic heterocycles. The van der Waals surface area contributed by atoms with E-state index in [1.807, 2.05) is 30.3 Å². The van der Waals surface area contributed by atoms with Crippen LogP contribution in [0.1, 0.15) is 22.0 Å². The van der Waals surface area contributed by atoms with Crippen molar-refractivity contribution < 1.29 is 9.53 Å². The van der Waals surface area contributed by atoms with Crippen LogP contribution in [0.4, 0.5) is 0 Å². The third-order valence-electron chi connectivity index (χ3n) is 4.62. The summed E-state index contributed by atoms with van der Waals surface area (Å²) < 4.78 is 5.80. The quantitative estimate of drug-likeness (QED) is 0.754. The Balaban J connectivity index is 1.64. The number of benzene rings is 2. The van der Waals surface area contributed by atoms with E-state index in [4.69, 9.17) is 16.3 Å². The second-order valence-corrected chi connectivity index (χ2v) is 6.62. The Morgan fingerprint density at radius 2 is 1.96 bits per heavy atom. The molecule has 0 unspecified atom stereocenters. The third kappa shape index (κ3) is 3.00. The van der Waals surface area contributed by atoms with Crippen molar-refractivity contribution in [3.05, 3.63) is 81.1 Å². The topological polar surface area (TPSA) is 62.4 Å². The molecule has 0 aliphatic carbocycles. The number of hydrogen-bond acceptors (Lipinski definition) is 3. The number of ether oxygens (including phenoxy) is 1. The van der Waals surface area contributed by atoms with Crippen LogP contribution in [-0.2, 0) is 4.74 Å². The molecule has 0 spiro atoms. The van der Waals surface area contributed by atoms with Crippen LogP contribution in [0.3, 0.4) is 0 Å². The van der Waals surface area contributed by atoms with Gasteiger partial charge in [-0.3, -0.25) is 9.59 Å². The van der Waals surface area contributed by atoms with Gasteiger partial charge in [-0.25, -0.2) is 0 Å². The van der Waals surface area contributed by atoms with Crippen molar-refractivity contribution in [3.8, 4) is 0 Å². The molecule has 2 aromatic carbocycles. The van der Waals surface area contributed by atoms with Crippen LogP contribution in [-0.4, -0.2) is 35.5 Å². The fraction of sp³-hybridized carbons (Fsp3) is 0.200. The van der Waals surface area contributed by atoms with E-state index in [1.54, 1.807) is 23.1 Å². The number of nitrogens with one attached hydrogen (secondary N) is 1. The zero-order valence-corrected chi connectivity index (χ0v) is 14.7. The van der Waals surface area contributed by atoms with E-state index in [9.17, 15) is 9.59 Å². The van der Waals surface area contributed by atoms with E-state index in [1.165, 1.54) is 6.20 Å². The molecule has 0 radical (unpaired) electrons. The fourth-order valence-electron chi connectivity index (χ4n) is 3.25. The summed E-state index contributed by atoms with van der Waals surface area (Å²) in [6.45, 7) is 1.30. The minimum atomic E-state index is -0.311. The highest BCUT2D eigenvalue weighted by molar-refractivity contribution is 6.35. The van der Waals surface area contributed by atoms with Crippen LogP contribution in [0.15, 0.2) is 59.5 Å². The first kappa shape index (κ1) is 16.8.